The highest BCUT2D eigenvalue weighted by Gasteiger charge is 2.27. The van der Waals surface area contributed by atoms with Crippen molar-refractivity contribution in [2.75, 3.05) is 9.80 Å². The Bertz CT molecular complexity index is 2710. The zero-order valence-corrected chi connectivity index (χ0v) is 31.4. The van der Waals surface area contributed by atoms with Crippen LogP contribution in [0.1, 0.15) is 0 Å². The summed E-state index contributed by atoms with van der Waals surface area (Å²) < 4.78 is 12.6. The fraction of sp³-hybridized carbons (Fsp3) is 0. The van der Waals surface area contributed by atoms with Crippen molar-refractivity contribution < 1.29 is 9.47 Å². The summed E-state index contributed by atoms with van der Waals surface area (Å²) in [4.78, 5) is 9.88. The molecule has 0 saturated heterocycles. The molecule has 9 aromatic rings. The van der Waals surface area contributed by atoms with Gasteiger partial charge in [0.05, 0.1) is 34.1 Å². The quantitative estimate of drug-likeness (QED) is 0.169. The number of benzene rings is 8. The van der Waals surface area contributed by atoms with E-state index in [4.69, 9.17) is 14.5 Å². The number of aromatic nitrogens is 1. The van der Waals surface area contributed by atoms with Crippen molar-refractivity contribution in [1.82, 2.24) is 4.98 Å². The number of nitrogens with zero attached hydrogens (tertiary/aromatic N) is 3. The molecule has 0 N–H and O–H groups in total. The standard InChI is InChI=1S/C53H35N3O2/c1-2-14-36(15-3-1)42-16-4-5-17-43(42)39-34-44(37-26-30-40(31-27-37)55-46-18-6-10-22-50(46)57-51-23-11-7-19-47(51)55)54-45(35-39)38-28-32-41(33-29-38)56-48-20-8-12-24-52(48)58-53-25-13-9-21-49(53)56/h1-35H. The molecule has 5 heteroatoms. The summed E-state index contributed by atoms with van der Waals surface area (Å²) in [6.45, 7) is 0. The molecular formula is C53H35N3O2. The third kappa shape index (κ3) is 5.85. The van der Waals surface area contributed by atoms with Crippen LogP contribution in [0.5, 0.6) is 23.0 Å². The average Bonchev–Trinajstić information content (AvgIpc) is 3.30. The lowest BCUT2D eigenvalue weighted by atomic mass is 9.93. The highest BCUT2D eigenvalue weighted by molar-refractivity contribution is 5.90. The third-order valence-corrected chi connectivity index (χ3v) is 10.9. The molecule has 0 saturated carbocycles. The second-order valence-electron chi connectivity index (χ2n) is 14.4. The van der Waals surface area contributed by atoms with Crippen molar-refractivity contribution in [2.24, 2.45) is 0 Å². The first kappa shape index (κ1) is 33.4. The molecule has 0 radical (unpaired) electrons. The minimum absolute atomic E-state index is 0.828. The van der Waals surface area contributed by atoms with Gasteiger partial charge in [-0.1, -0.05) is 127 Å². The van der Waals surface area contributed by atoms with Gasteiger partial charge >= 0.3 is 0 Å². The van der Waals surface area contributed by atoms with Crippen molar-refractivity contribution >= 4 is 34.1 Å². The maximum absolute atomic E-state index is 6.29. The molecule has 0 atom stereocenters. The predicted molar refractivity (Wildman–Crippen MR) is 235 cm³/mol. The zero-order chi connectivity index (χ0) is 38.4. The van der Waals surface area contributed by atoms with Gasteiger partial charge in [0.25, 0.3) is 0 Å². The first-order chi connectivity index (χ1) is 28.7. The van der Waals surface area contributed by atoms with Gasteiger partial charge in [-0.25, -0.2) is 4.98 Å². The van der Waals surface area contributed by atoms with E-state index in [2.05, 4.69) is 149 Å². The Kier molecular flexibility index (Phi) is 8.07. The van der Waals surface area contributed by atoms with Crippen LogP contribution in [0.4, 0.5) is 34.1 Å². The first-order valence-electron chi connectivity index (χ1n) is 19.5. The largest absolute Gasteiger partial charge is 0.453 e. The number of ether oxygens (including phenoxy) is 2. The Hall–Kier alpha value is -7.89. The number of hydrogen-bond acceptors (Lipinski definition) is 5. The van der Waals surface area contributed by atoms with Crippen molar-refractivity contribution in [3.05, 3.63) is 212 Å². The Morgan fingerprint density at radius 1 is 0.293 bits per heavy atom. The van der Waals surface area contributed by atoms with Gasteiger partial charge in [0.15, 0.2) is 23.0 Å². The number of rotatable bonds is 6. The molecule has 11 rings (SSSR count). The summed E-state index contributed by atoms with van der Waals surface area (Å²) in [5, 5.41) is 0. The van der Waals surface area contributed by atoms with Crippen LogP contribution in [0, 0.1) is 0 Å². The average molecular weight is 746 g/mol. The molecule has 3 heterocycles. The molecule has 1 aromatic heterocycles. The van der Waals surface area contributed by atoms with Crippen LogP contribution in [0.25, 0.3) is 44.8 Å². The predicted octanol–water partition coefficient (Wildman–Crippen LogP) is 14.9. The fourth-order valence-corrected chi connectivity index (χ4v) is 8.11. The van der Waals surface area contributed by atoms with E-state index in [-0.39, 0.29) is 0 Å². The highest BCUT2D eigenvalue weighted by Crippen LogP contribution is 2.52. The molecule has 0 bridgehead atoms. The molecule has 58 heavy (non-hydrogen) atoms. The Labute approximate surface area is 337 Å². The molecule has 8 aromatic carbocycles. The van der Waals surface area contributed by atoms with Crippen molar-refractivity contribution in [2.45, 2.75) is 0 Å². The van der Waals surface area contributed by atoms with Crippen molar-refractivity contribution in [1.29, 1.82) is 0 Å². The molecule has 0 fully saturated rings. The number of anilines is 6. The van der Waals surface area contributed by atoms with Crippen LogP contribution < -0.4 is 19.3 Å². The number of fused-ring (bicyclic) bond motifs is 4. The molecule has 0 spiro atoms. The molecule has 0 unspecified atom stereocenters. The van der Waals surface area contributed by atoms with E-state index in [0.717, 1.165) is 90.8 Å². The summed E-state index contributed by atoms with van der Waals surface area (Å²) in [5.41, 5.74) is 14.5. The van der Waals surface area contributed by atoms with E-state index in [1.165, 1.54) is 11.1 Å². The van der Waals surface area contributed by atoms with E-state index >= 15 is 0 Å². The van der Waals surface area contributed by atoms with Crippen molar-refractivity contribution in [3.8, 4) is 67.8 Å². The van der Waals surface area contributed by atoms with Gasteiger partial charge in [-0.15, -0.1) is 0 Å². The second-order valence-corrected chi connectivity index (χ2v) is 14.4. The number of pyridine rings is 1. The minimum atomic E-state index is 0.828. The minimum Gasteiger partial charge on any atom is -0.453 e. The summed E-state index contributed by atoms with van der Waals surface area (Å²) in [5.74, 6) is 3.31. The van der Waals surface area contributed by atoms with Gasteiger partial charge < -0.3 is 19.3 Å². The van der Waals surface area contributed by atoms with Gasteiger partial charge in [-0.3, -0.25) is 0 Å². The Balaban J connectivity index is 1.02. The lowest BCUT2D eigenvalue weighted by Crippen LogP contribution is -2.15. The summed E-state index contributed by atoms with van der Waals surface area (Å²) in [7, 11) is 0. The Morgan fingerprint density at radius 2 is 0.638 bits per heavy atom. The summed E-state index contributed by atoms with van der Waals surface area (Å²) in [6, 6.07) is 73.7. The second kappa shape index (κ2) is 14.0. The topological polar surface area (TPSA) is 37.8 Å². The van der Waals surface area contributed by atoms with E-state index in [1.54, 1.807) is 0 Å². The molecule has 2 aliphatic rings. The monoisotopic (exact) mass is 745 g/mol. The molecule has 0 aliphatic carbocycles. The number of para-hydroxylation sites is 8. The molecule has 5 nitrogen and oxygen atoms in total. The third-order valence-electron chi connectivity index (χ3n) is 10.9. The molecule has 2 aliphatic heterocycles. The summed E-state index contributed by atoms with van der Waals surface area (Å²) >= 11 is 0. The molecule has 274 valence electrons. The molecule has 0 amide bonds. The van der Waals surface area contributed by atoms with Gasteiger partial charge in [-0.2, -0.15) is 0 Å². The van der Waals surface area contributed by atoms with Crippen molar-refractivity contribution in [3.63, 3.8) is 0 Å². The van der Waals surface area contributed by atoms with Gasteiger partial charge in [0.1, 0.15) is 0 Å². The Morgan fingerprint density at radius 3 is 1.05 bits per heavy atom. The lowest BCUT2D eigenvalue weighted by Gasteiger charge is -2.32. The SMILES string of the molecule is c1ccc(-c2ccccc2-c2cc(-c3ccc(N4c5ccccc5Oc5ccccc54)cc3)nc(-c3ccc(N4c5ccccc5Oc5ccccc54)cc3)c2)cc1. The maximum Gasteiger partial charge on any atom is 0.151 e. The van der Waals surface area contributed by atoms with E-state index < -0.39 is 0 Å². The van der Waals surface area contributed by atoms with E-state index in [9.17, 15) is 0 Å². The van der Waals surface area contributed by atoms with Crippen LogP contribution in [-0.2, 0) is 0 Å². The molecular weight excluding hydrogens is 711 g/mol. The number of hydrogen-bond donors (Lipinski definition) is 0. The zero-order valence-electron chi connectivity index (χ0n) is 31.4. The van der Waals surface area contributed by atoms with Crippen LogP contribution in [-0.4, -0.2) is 4.98 Å². The van der Waals surface area contributed by atoms with E-state index in [0.29, 0.717) is 0 Å². The fourth-order valence-electron chi connectivity index (χ4n) is 8.11. The van der Waals surface area contributed by atoms with Gasteiger partial charge in [0, 0.05) is 22.5 Å². The smallest absolute Gasteiger partial charge is 0.151 e. The van der Waals surface area contributed by atoms with Gasteiger partial charge in [0.2, 0.25) is 0 Å². The normalized spacial score (nSPS) is 12.3. The maximum atomic E-state index is 6.29. The summed E-state index contributed by atoms with van der Waals surface area (Å²) in [6.07, 6.45) is 0. The highest BCUT2D eigenvalue weighted by atomic mass is 16.5. The van der Waals surface area contributed by atoms with Crippen LogP contribution in [0.15, 0.2) is 212 Å². The van der Waals surface area contributed by atoms with Crippen LogP contribution in [0.2, 0.25) is 0 Å². The first-order valence-corrected chi connectivity index (χ1v) is 19.5. The van der Waals surface area contributed by atoms with Gasteiger partial charge in [-0.05, 0) is 107 Å². The van der Waals surface area contributed by atoms with E-state index in [1.807, 2.05) is 72.8 Å². The van der Waals surface area contributed by atoms with Crippen LogP contribution in [0.3, 0.4) is 0 Å². The van der Waals surface area contributed by atoms with Crippen LogP contribution >= 0.6 is 0 Å². The lowest BCUT2D eigenvalue weighted by molar-refractivity contribution is 0.477.